The fourth-order valence-corrected chi connectivity index (χ4v) is 3.33. The van der Waals surface area contributed by atoms with Crippen LogP contribution < -0.4 is 10.5 Å². The number of hydrogen-bond acceptors (Lipinski definition) is 4. The number of nitrogens with two attached hydrogens (primary N) is 1. The van der Waals surface area contributed by atoms with Crippen molar-refractivity contribution in [3.05, 3.63) is 77.9 Å². The number of benzene rings is 3. The lowest BCUT2D eigenvalue weighted by molar-refractivity contribution is -0.137. The summed E-state index contributed by atoms with van der Waals surface area (Å²) in [7, 11) is 0. The van der Waals surface area contributed by atoms with Crippen LogP contribution in [0.3, 0.4) is 0 Å². The van der Waals surface area contributed by atoms with E-state index in [9.17, 15) is 22.8 Å². The number of carbonyl (C=O) groups excluding carboxylic acids is 2. The van der Waals surface area contributed by atoms with Crippen molar-refractivity contribution in [3.8, 4) is 22.9 Å². The van der Waals surface area contributed by atoms with Crippen LogP contribution in [0.25, 0.3) is 22.4 Å². The van der Waals surface area contributed by atoms with Crippen molar-refractivity contribution < 1.29 is 27.5 Å². The van der Waals surface area contributed by atoms with E-state index in [2.05, 4.69) is 4.98 Å². The molecule has 0 aliphatic rings. The Labute approximate surface area is 180 Å². The van der Waals surface area contributed by atoms with Gasteiger partial charge in [-0.15, -0.1) is 0 Å². The third-order valence-corrected chi connectivity index (χ3v) is 4.71. The first kappa shape index (κ1) is 21.1. The number of rotatable bonds is 6. The smallest absolute Gasteiger partial charge is 0.416 e. The van der Waals surface area contributed by atoms with E-state index in [0.29, 0.717) is 34.3 Å². The normalized spacial score (nSPS) is 11.5. The number of ether oxygens (including phenoxy) is 1. The predicted octanol–water partition coefficient (Wildman–Crippen LogP) is 4.81. The van der Waals surface area contributed by atoms with Crippen LogP contribution >= 0.6 is 0 Å². The summed E-state index contributed by atoms with van der Waals surface area (Å²) in [6, 6.07) is 16.0. The second-order valence-corrected chi connectivity index (χ2v) is 7.01. The Morgan fingerprint density at radius 1 is 1.03 bits per heavy atom. The summed E-state index contributed by atoms with van der Waals surface area (Å²) in [5, 5.41) is 0. The van der Waals surface area contributed by atoms with Crippen LogP contribution in [0.5, 0.6) is 11.5 Å². The number of fused-ring (bicyclic) bond motifs is 1. The highest BCUT2D eigenvalue weighted by molar-refractivity contribution is 5.88. The molecule has 0 unspecified atom stereocenters. The van der Waals surface area contributed by atoms with Gasteiger partial charge >= 0.3 is 6.18 Å². The van der Waals surface area contributed by atoms with Gasteiger partial charge in [0.2, 0.25) is 5.91 Å². The predicted molar refractivity (Wildman–Crippen MR) is 111 cm³/mol. The molecular weight excluding hydrogens is 423 g/mol. The second-order valence-electron chi connectivity index (χ2n) is 7.01. The molecule has 2 N–H and O–H groups in total. The van der Waals surface area contributed by atoms with E-state index in [4.69, 9.17) is 10.5 Å². The lowest BCUT2D eigenvalue weighted by Crippen LogP contribution is -2.19. The van der Waals surface area contributed by atoms with Gasteiger partial charge in [-0.3, -0.25) is 9.59 Å². The lowest BCUT2D eigenvalue weighted by atomic mass is 10.2. The first-order valence-corrected chi connectivity index (χ1v) is 9.44. The van der Waals surface area contributed by atoms with Crippen molar-refractivity contribution in [3.63, 3.8) is 0 Å². The number of aromatic nitrogens is 2. The van der Waals surface area contributed by atoms with Gasteiger partial charge < -0.3 is 15.0 Å². The minimum atomic E-state index is -4.48. The largest absolute Gasteiger partial charge is 0.457 e. The summed E-state index contributed by atoms with van der Waals surface area (Å²) in [5.74, 6) is 0.129. The second kappa shape index (κ2) is 8.18. The zero-order valence-corrected chi connectivity index (χ0v) is 16.5. The van der Waals surface area contributed by atoms with Gasteiger partial charge in [0, 0.05) is 11.1 Å². The molecule has 0 spiro atoms. The molecule has 162 valence electrons. The minimum Gasteiger partial charge on any atom is -0.457 e. The summed E-state index contributed by atoms with van der Waals surface area (Å²) in [5.41, 5.74) is 6.66. The Balaban J connectivity index is 1.75. The van der Waals surface area contributed by atoms with Gasteiger partial charge in [0.25, 0.3) is 0 Å². The maximum atomic E-state index is 13.0. The fourth-order valence-electron chi connectivity index (χ4n) is 3.33. The lowest BCUT2D eigenvalue weighted by Gasteiger charge is -2.11. The molecule has 4 rings (SSSR count). The van der Waals surface area contributed by atoms with Gasteiger partial charge in [0.05, 0.1) is 16.6 Å². The molecular formula is C23H16F3N3O3. The van der Waals surface area contributed by atoms with Gasteiger partial charge in [-0.25, -0.2) is 4.98 Å². The first-order chi connectivity index (χ1) is 15.2. The maximum Gasteiger partial charge on any atom is 0.416 e. The zero-order chi connectivity index (χ0) is 22.9. The van der Waals surface area contributed by atoms with Crippen LogP contribution in [0, 0.1) is 0 Å². The Morgan fingerprint density at radius 2 is 1.75 bits per heavy atom. The Morgan fingerprint density at radius 3 is 2.44 bits per heavy atom. The molecule has 4 aromatic rings. The summed E-state index contributed by atoms with van der Waals surface area (Å²) in [6.07, 6.45) is -3.79. The molecule has 0 bridgehead atoms. The van der Waals surface area contributed by atoms with E-state index < -0.39 is 17.6 Å². The Hall–Kier alpha value is -4.14. The van der Waals surface area contributed by atoms with Gasteiger partial charge in [-0.05, 0) is 48.5 Å². The van der Waals surface area contributed by atoms with Crippen LogP contribution in [0.1, 0.15) is 15.9 Å². The molecule has 1 amide bonds. The van der Waals surface area contributed by atoms with E-state index in [1.807, 2.05) is 0 Å². The molecule has 0 saturated carbocycles. The van der Waals surface area contributed by atoms with Gasteiger partial charge in [0.15, 0.2) is 0 Å². The van der Waals surface area contributed by atoms with Crippen LogP contribution in [0.15, 0.2) is 66.7 Å². The molecule has 0 radical (unpaired) electrons. The molecule has 0 atom stereocenters. The van der Waals surface area contributed by atoms with E-state index in [0.717, 1.165) is 12.1 Å². The van der Waals surface area contributed by atoms with E-state index in [-0.39, 0.29) is 18.0 Å². The van der Waals surface area contributed by atoms with Gasteiger partial charge in [-0.2, -0.15) is 13.2 Å². The van der Waals surface area contributed by atoms with Crippen molar-refractivity contribution in [2.45, 2.75) is 12.7 Å². The number of imidazole rings is 1. The summed E-state index contributed by atoms with van der Waals surface area (Å²) < 4.78 is 46.1. The summed E-state index contributed by atoms with van der Waals surface area (Å²) >= 11 is 0. The highest BCUT2D eigenvalue weighted by Crippen LogP contribution is 2.34. The number of halogens is 3. The van der Waals surface area contributed by atoms with E-state index >= 15 is 0 Å². The molecule has 32 heavy (non-hydrogen) atoms. The SMILES string of the molecule is NC(=O)Cn1c(-c2cccc(Oc3cccc(C(F)(F)F)c3)c2)nc2cc(C=O)ccc21. The number of amides is 1. The third-order valence-electron chi connectivity index (χ3n) is 4.71. The maximum absolute atomic E-state index is 13.0. The molecule has 9 heteroatoms. The average Bonchev–Trinajstić information content (AvgIpc) is 3.10. The third kappa shape index (κ3) is 4.31. The molecule has 1 heterocycles. The number of hydrogen-bond donors (Lipinski definition) is 1. The van der Waals surface area contributed by atoms with Crippen molar-refractivity contribution in [2.24, 2.45) is 5.73 Å². The number of nitrogens with zero attached hydrogens (tertiary/aromatic N) is 2. The standard InChI is InChI=1S/C23H16F3N3O3/c24-23(25,26)16-4-2-6-18(11-16)32-17-5-1-3-15(10-17)22-28-19-9-14(13-30)7-8-20(19)29(22)12-21(27)31/h1-11,13H,12H2,(H2,27,31). The van der Waals surface area contributed by atoms with E-state index in [1.54, 1.807) is 47.0 Å². The van der Waals surface area contributed by atoms with Gasteiger partial charge in [0.1, 0.15) is 30.2 Å². The number of alkyl halides is 3. The van der Waals surface area contributed by atoms with Gasteiger partial charge in [-0.1, -0.05) is 18.2 Å². The summed E-state index contributed by atoms with van der Waals surface area (Å²) in [6.45, 7) is -0.148. The Bertz CT molecular complexity index is 1330. The molecule has 0 aliphatic carbocycles. The fraction of sp³-hybridized carbons (Fsp3) is 0.0870. The quantitative estimate of drug-likeness (QED) is 0.437. The zero-order valence-electron chi connectivity index (χ0n) is 16.5. The first-order valence-electron chi connectivity index (χ1n) is 9.44. The van der Waals surface area contributed by atoms with Crippen LogP contribution in [-0.2, 0) is 17.5 Å². The monoisotopic (exact) mass is 439 g/mol. The molecule has 0 saturated heterocycles. The Kier molecular flexibility index (Phi) is 5.40. The van der Waals surface area contributed by atoms with Crippen molar-refractivity contribution in [1.82, 2.24) is 9.55 Å². The molecule has 0 aliphatic heterocycles. The molecule has 0 fully saturated rings. The average molecular weight is 439 g/mol. The van der Waals surface area contributed by atoms with E-state index in [1.165, 1.54) is 12.1 Å². The topological polar surface area (TPSA) is 87.2 Å². The molecule has 1 aromatic heterocycles. The highest BCUT2D eigenvalue weighted by Gasteiger charge is 2.30. The van der Waals surface area contributed by atoms with Crippen LogP contribution in [-0.4, -0.2) is 21.7 Å². The summed E-state index contributed by atoms with van der Waals surface area (Å²) in [4.78, 5) is 27.3. The van der Waals surface area contributed by atoms with Crippen LogP contribution in [0.4, 0.5) is 13.2 Å². The van der Waals surface area contributed by atoms with Crippen LogP contribution in [0.2, 0.25) is 0 Å². The molecule has 3 aromatic carbocycles. The van der Waals surface area contributed by atoms with Crippen molar-refractivity contribution in [2.75, 3.05) is 0 Å². The number of primary amides is 1. The highest BCUT2D eigenvalue weighted by atomic mass is 19.4. The minimum absolute atomic E-state index is 0.0261. The molecule has 6 nitrogen and oxygen atoms in total. The number of carbonyl (C=O) groups is 2. The van der Waals surface area contributed by atoms with Crippen molar-refractivity contribution in [1.29, 1.82) is 0 Å². The number of aldehydes is 1. The van der Waals surface area contributed by atoms with Crippen molar-refractivity contribution >= 4 is 23.2 Å².